The van der Waals surface area contributed by atoms with Gasteiger partial charge in [0.2, 0.25) is 5.91 Å². The lowest BCUT2D eigenvalue weighted by atomic mass is 10.1. The van der Waals surface area contributed by atoms with Crippen LogP contribution < -0.4 is 15.4 Å². The van der Waals surface area contributed by atoms with Gasteiger partial charge in [-0.2, -0.15) is 0 Å². The number of anilines is 1. The summed E-state index contributed by atoms with van der Waals surface area (Å²) in [5.41, 5.74) is 1.69. The molecule has 7 nitrogen and oxygen atoms in total. The molecule has 0 aromatic heterocycles. The van der Waals surface area contributed by atoms with E-state index in [1.807, 2.05) is 38.1 Å². The highest BCUT2D eigenvalue weighted by Crippen LogP contribution is 2.16. The molecule has 0 heterocycles. The zero-order valence-electron chi connectivity index (χ0n) is 15.2. The Morgan fingerprint density at radius 2 is 1.78 bits per heavy atom. The van der Waals surface area contributed by atoms with Crippen molar-refractivity contribution in [2.75, 3.05) is 11.9 Å². The Morgan fingerprint density at radius 1 is 1.07 bits per heavy atom. The van der Waals surface area contributed by atoms with E-state index in [-0.39, 0.29) is 18.4 Å². The Bertz CT molecular complexity index is 815. The standard InChI is InChI=1S/C20H22N2O5/c1-13(2)27-17-5-3-4-14(10-17)11-18(23)22-16-8-6-15(7-9-16)20(26)21-12-19(24)25/h3-10,13H,11-12H2,1-2H3,(H,21,26)(H,22,23)(H,24,25). The number of rotatable bonds is 8. The van der Waals surface area contributed by atoms with E-state index < -0.39 is 18.4 Å². The van der Waals surface area contributed by atoms with Gasteiger partial charge in [-0.25, -0.2) is 0 Å². The van der Waals surface area contributed by atoms with Crippen LogP contribution in [0.15, 0.2) is 48.5 Å². The molecule has 0 radical (unpaired) electrons. The molecule has 0 aliphatic rings. The normalized spacial score (nSPS) is 10.3. The van der Waals surface area contributed by atoms with E-state index in [0.29, 0.717) is 17.0 Å². The number of aliphatic carboxylic acids is 1. The predicted molar refractivity (Wildman–Crippen MR) is 101 cm³/mol. The molecule has 0 aliphatic carbocycles. The molecule has 0 spiro atoms. The molecule has 0 unspecified atom stereocenters. The minimum Gasteiger partial charge on any atom is -0.491 e. The quantitative estimate of drug-likeness (QED) is 0.662. The Labute approximate surface area is 157 Å². The van der Waals surface area contributed by atoms with E-state index >= 15 is 0 Å². The van der Waals surface area contributed by atoms with Crippen LogP contribution >= 0.6 is 0 Å². The van der Waals surface area contributed by atoms with Crippen molar-refractivity contribution in [1.82, 2.24) is 5.32 Å². The molecule has 0 atom stereocenters. The van der Waals surface area contributed by atoms with Gasteiger partial charge in [-0.15, -0.1) is 0 Å². The highest BCUT2D eigenvalue weighted by atomic mass is 16.5. The molecule has 2 amide bonds. The van der Waals surface area contributed by atoms with Crippen LogP contribution in [0.1, 0.15) is 29.8 Å². The number of carbonyl (C=O) groups is 3. The van der Waals surface area contributed by atoms with E-state index in [9.17, 15) is 14.4 Å². The van der Waals surface area contributed by atoms with Gasteiger partial charge in [-0.1, -0.05) is 12.1 Å². The summed E-state index contributed by atoms with van der Waals surface area (Å²) >= 11 is 0. The van der Waals surface area contributed by atoms with Crippen LogP contribution in [-0.2, 0) is 16.0 Å². The van der Waals surface area contributed by atoms with Gasteiger partial charge in [0.25, 0.3) is 5.91 Å². The average molecular weight is 370 g/mol. The van der Waals surface area contributed by atoms with Gasteiger partial charge in [0.15, 0.2) is 0 Å². The SMILES string of the molecule is CC(C)Oc1cccc(CC(=O)Nc2ccc(C(=O)NCC(=O)O)cc2)c1. The molecular formula is C20H22N2O5. The maximum absolute atomic E-state index is 12.2. The molecule has 142 valence electrons. The van der Waals surface area contributed by atoms with Gasteiger partial charge in [0, 0.05) is 11.3 Å². The van der Waals surface area contributed by atoms with Crippen molar-refractivity contribution in [1.29, 1.82) is 0 Å². The van der Waals surface area contributed by atoms with E-state index in [1.54, 1.807) is 12.1 Å². The molecule has 0 fully saturated rings. The van der Waals surface area contributed by atoms with Gasteiger partial charge in [0.05, 0.1) is 12.5 Å². The van der Waals surface area contributed by atoms with E-state index in [2.05, 4.69) is 10.6 Å². The summed E-state index contributed by atoms with van der Waals surface area (Å²) in [6.45, 7) is 3.42. The highest BCUT2D eigenvalue weighted by molar-refractivity contribution is 5.97. The zero-order chi connectivity index (χ0) is 19.8. The van der Waals surface area contributed by atoms with Crippen molar-refractivity contribution in [3.63, 3.8) is 0 Å². The molecule has 2 rings (SSSR count). The third-order valence-electron chi connectivity index (χ3n) is 3.47. The lowest BCUT2D eigenvalue weighted by Crippen LogP contribution is -2.29. The van der Waals surface area contributed by atoms with Crippen LogP contribution in [-0.4, -0.2) is 35.5 Å². The topological polar surface area (TPSA) is 105 Å². The number of ether oxygens (including phenoxy) is 1. The van der Waals surface area contributed by atoms with Crippen molar-refractivity contribution in [2.45, 2.75) is 26.4 Å². The van der Waals surface area contributed by atoms with Crippen LogP contribution in [0.5, 0.6) is 5.75 Å². The van der Waals surface area contributed by atoms with Crippen molar-refractivity contribution in [2.24, 2.45) is 0 Å². The summed E-state index contributed by atoms with van der Waals surface area (Å²) in [4.78, 5) is 34.4. The monoisotopic (exact) mass is 370 g/mol. The molecule has 3 N–H and O–H groups in total. The van der Waals surface area contributed by atoms with Crippen LogP contribution in [0, 0.1) is 0 Å². The van der Waals surface area contributed by atoms with Gasteiger partial charge in [0.1, 0.15) is 12.3 Å². The van der Waals surface area contributed by atoms with Crippen LogP contribution in [0.3, 0.4) is 0 Å². The van der Waals surface area contributed by atoms with Crippen LogP contribution in [0.4, 0.5) is 5.69 Å². The average Bonchev–Trinajstić information content (AvgIpc) is 2.60. The number of carboxylic acids is 1. The summed E-state index contributed by atoms with van der Waals surface area (Å²) in [5.74, 6) is -1.08. The number of benzene rings is 2. The maximum atomic E-state index is 12.2. The number of nitrogens with one attached hydrogen (secondary N) is 2. The van der Waals surface area contributed by atoms with Crippen LogP contribution in [0.25, 0.3) is 0 Å². The summed E-state index contributed by atoms with van der Waals surface area (Å²) < 4.78 is 5.62. The first kappa shape index (κ1) is 20.0. The fourth-order valence-corrected chi connectivity index (χ4v) is 2.35. The number of hydrogen-bond acceptors (Lipinski definition) is 4. The second kappa shape index (κ2) is 9.38. The Balaban J connectivity index is 1.92. The summed E-state index contributed by atoms with van der Waals surface area (Å²) in [6, 6.07) is 13.6. The van der Waals surface area contributed by atoms with E-state index in [0.717, 1.165) is 5.56 Å². The minimum absolute atomic E-state index is 0.0558. The molecule has 0 saturated carbocycles. The first-order valence-electron chi connectivity index (χ1n) is 8.49. The van der Waals surface area contributed by atoms with Crippen molar-refractivity contribution in [3.8, 4) is 5.75 Å². The predicted octanol–water partition coefficient (Wildman–Crippen LogP) is 2.47. The molecular weight excluding hydrogens is 348 g/mol. The molecule has 2 aromatic carbocycles. The Hall–Kier alpha value is -3.35. The summed E-state index contributed by atoms with van der Waals surface area (Å²) in [6.07, 6.45) is 0.246. The largest absolute Gasteiger partial charge is 0.491 e. The molecule has 0 aliphatic heterocycles. The van der Waals surface area contributed by atoms with Gasteiger partial charge in [-0.05, 0) is 55.8 Å². The van der Waals surface area contributed by atoms with Gasteiger partial charge < -0.3 is 20.5 Å². The van der Waals surface area contributed by atoms with Crippen molar-refractivity contribution < 1.29 is 24.2 Å². The molecule has 0 bridgehead atoms. The summed E-state index contributed by atoms with van der Waals surface area (Å²) in [7, 11) is 0. The minimum atomic E-state index is -1.12. The molecule has 7 heteroatoms. The fourth-order valence-electron chi connectivity index (χ4n) is 2.35. The van der Waals surface area contributed by atoms with Gasteiger partial charge in [-0.3, -0.25) is 14.4 Å². The number of hydrogen-bond donors (Lipinski definition) is 3. The second-order valence-electron chi connectivity index (χ2n) is 6.19. The van der Waals surface area contributed by atoms with Crippen molar-refractivity contribution >= 4 is 23.5 Å². The first-order chi connectivity index (χ1) is 12.8. The lowest BCUT2D eigenvalue weighted by Gasteiger charge is -2.11. The molecule has 0 saturated heterocycles. The van der Waals surface area contributed by atoms with Gasteiger partial charge >= 0.3 is 5.97 Å². The first-order valence-corrected chi connectivity index (χ1v) is 8.49. The Kier molecular flexibility index (Phi) is 6.93. The van der Waals surface area contributed by atoms with Crippen molar-refractivity contribution in [3.05, 3.63) is 59.7 Å². The molecule has 2 aromatic rings. The fraction of sp³-hybridized carbons (Fsp3) is 0.250. The number of amides is 2. The maximum Gasteiger partial charge on any atom is 0.322 e. The third-order valence-corrected chi connectivity index (χ3v) is 3.47. The van der Waals surface area contributed by atoms with E-state index in [4.69, 9.17) is 9.84 Å². The zero-order valence-corrected chi connectivity index (χ0v) is 15.2. The summed E-state index contributed by atoms with van der Waals surface area (Å²) in [5, 5.41) is 13.6. The smallest absolute Gasteiger partial charge is 0.322 e. The third kappa shape index (κ3) is 6.81. The number of carbonyl (C=O) groups excluding carboxylic acids is 2. The van der Waals surface area contributed by atoms with Crippen LogP contribution in [0.2, 0.25) is 0 Å². The highest BCUT2D eigenvalue weighted by Gasteiger charge is 2.09. The van der Waals surface area contributed by atoms with E-state index in [1.165, 1.54) is 12.1 Å². The lowest BCUT2D eigenvalue weighted by molar-refractivity contribution is -0.135. The molecule has 27 heavy (non-hydrogen) atoms. The second-order valence-corrected chi connectivity index (χ2v) is 6.19. The Morgan fingerprint density at radius 3 is 2.41 bits per heavy atom. The number of carboxylic acid groups (broad SMARTS) is 1.